The number of aryl methyl sites for hydroxylation is 1. The molecule has 1 aliphatic rings. The number of hydrogen-bond acceptors (Lipinski definition) is 5. The maximum Gasteiger partial charge on any atom is 0.490 e. The van der Waals surface area contributed by atoms with Crippen LogP contribution in [0, 0.1) is 6.92 Å². The second kappa shape index (κ2) is 15.5. The molecule has 0 aliphatic carbocycles. The molecule has 1 aliphatic heterocycles. The lowest BCUT2D eigenvalue weighted by Crippen LogP contribution is -2.52. The van der Waals surface area contributed by atoms with Gasteiger partial charge in [-0.25, -0.2) is 14.6 Å². The highest BCUT2D eigenvalue weighted by molar-refractivity contribution is 5.96. The summed E-state index contributed by atoms with van der Waals surface area (Å²) in [4.78, 5) is 41.4. The highest BCUT2D eigenvalue weighted by atomic mass is 19.4. The summed E-state index contributed by atoms with van der Waals surface area (Å²) >= 11 is 0. The van der Waals surface area contributed by atoms with Crippen molar-refractivity contribution < 1.29 is 37.8 Å². The third kappa shape index (κ3) is 11.3. The monoisotopic (exact) mass is 565 g/mol. The number of aromatic carboxylic acids is 1. The molecule has 1 fully saturated rings. The van der Waals surface area contributed by atoms with E-state index < -0.39 is 18.1 Å². The lowest BCUT2D eigenvalue weighted by atomic mass is 10.1. The number of halogens is 3. The van der Waals surface area contributed by atoms with Crippen molar-refractivity contribution in [1.82, 2.24) is 15.1 Å². The molecule has 0 aromatic heterocycles. The summed E-state index contributed by atoms with van der Waals surface area (Å²) in [6.45, 7) is 8.65. The van der Waals surface area contributed by atoms with Gasteiger partial charge < -0.3 is 25.7 Å². The molecule has 218 valence electrons. The van der Waals surface area contributed by atoms with Crippen molar-refractivity contribution in [2.45, 2.75) is 33.0 Å². The number of carbonyl (C=O) groups excluding carboxylic acids is 1. The summed E-state index contributed by atoms with van der Waals surface area (Å²) in [6.07, 6.45) is -4.16. The number of anilines is 1. The van der Waals surface area contributed by atoms with Crippen molar-refractivity contribution in [3.8, 4) is 0 Å². The SMILES string of the molecule is CCCNC(=O)CN1CCN(C(=NCc2ccc(C)cc2)Nc2cccc(C(=O)O)c2)CC1.O=C(O)C(F)(F)F. The van der Waals surface area contributed by atoms with Crippen LogP contribution in [-0.4, -0.2) is 89.3 Å². The van der Waals surface area contributed by atoms with Crippen LogP contribution < -0.4 is 10.6 Å². The number of carbonyl (C=O) groups is 3. The number of nitrogens with zero attached hydrogens (tertiary/aromatic N) is 3. The lowest BCUT2D eigenvalue weighted by molar-refractivity contribution is -0.192. The van der Waals surface area contributed by atoms with Crippen molar-refractivity contribution in [2.24, 2.45) is 4.99 Å². The quantitative estimate of drug-likeness (QED) is 0.283. The van der Waals surface area contributed by atoms with Gasteiger partial charge in [0.25, 0.3) is 0 Å². The minimum Gasteiger partial charge on any atom is -0.478 e. The average Bonchev–Trinajstić information content (AvgIpc) is 2.91. The van der Waals surface area contributed by atoms with Crippen LogP contribution in [0.2, 0.25) is 0 Å². The fourth-order valence-electron chi connectivity index (χ4n) is 3.58. The Morgan fingerprint density at radius 3 is 2.17 bits per heavy atom. The predicted octanol–water partition coefficient (Wildman–Crippen LogP) is 3.44. The molecule has 2 aromatic rings. The summed E-state index contributed by atoms with van der Waals surface area (Å²) in [5.41, 5.74) is 3.20. The van der Waals surface area contributed by atoms with Crippen molar-refractivity contribution in [3.63, 3.8) is 0 Å². The molecule has 0 radical (unpaired) electrons. The average molecular weight is 566 g/mol. The first-order valence-electron chi connectivity index (χ1n) is 12.6. The summed E-state index contributed by atoms with van der Waals surface area (Å²) in [6, 6.07) is 15.0. The first-order chi connectivity index (χ1) is 18.9. The normalized spacial score (nSPS) is 14.1. The molecule has 2 aromatic carbocycles. The van der Waals surface area contributed by atoms with Gasteiger partial charge in [0.1, 0.15) is 0 Å². The van der Waals surface area contributed by atoms with Crippen LogP contribution in [0.3, 0.4) is 0 Å². The second-order valence-corrected chi connectivity index (χ2v) is 9.05. The summed E-state index contributed by atoms with van der Waals surface area (Å²) in [5, 5.41) is 22.7. The van der Waals surface area contributed by atoms with E-state index in [2.05, 4.69) is 51.6 Å². The van der Waals surface area contributed by atoms with Gasteiger partial charge in [0.15, 0.2) is 5.96 Å². The van der Waals surface area contributed by atoms with Gasteiger partial charge >= 0.3 is 18.1 Å². The Bertz CT molecular complexity index is 1160. The maximum atomic E-state index is 12.0. The molecule has 3 rings (SSSR count). The first kappa shape index (κ1) is 32.1. The van der Waals surface area contributed by atoms with E-state index in [0.717, 1.165) is 38.2 Å². The van der Waals surface area contributed by atoms with Crippen LogP contribution in [0.4, 0.5) is 18.9 Å². The van der Waals surface area contributed by atoms with Gasteiger partial charge in [-0.15, -0.1) is 0 Å². The number of piperazine rings is 1. The largest absolute Gasteiger partial charge is 0.490 e. The number of nitrogens with one attached hydrogen (secondary N) is 2. The minimum absolute atomic E-state index is 0.0576. The molecule has 4 N–H and O–H groups in total. The van der Waals surface area contributed by atoms with E-state index >= 15 is 0 Å². The van der Waals surface area contributed by atoms with Crippen molar-refractivity contribution >= 4 is 29.5 Å². The smallest absolute Gasteiger partial charge is 0.478 e. The van der Waals surface area contributed by atoms with Gasteiger partial charge in [0, 0.05) is 38.4 Å². The molecular weight excluding hydrogens is 531 g/mol. The molecule has 0 bridgehead atoms. The molecule has 0 saturated carbocycles. The van der Waals surface area contributed by atoms with Crippen LogP contribution in [0.5, 0.6) is 0 Å². The summed E-state index contributed by atoms with van der Waals surface area (Å²) < 4.78 is 31.7. The number of benzene rings is 2. The van der Waals surface area contributed by atoms with E-state index in [0.29, 0.717) is 31.3 Å². The van der Waals surface area contributed by atoms with E-state index in [4.69, 9.17) is 14.9 Å². The van der Waals surface area contributed by atoms with Gasteiger partial charge in [-0.1, -0.05) is 42.8 Å². The number of alkyl halides is 3. The first-order valence-corrected chi connectivity index (χ1v) is 12.6. The Labute approximate surface area is 230 Å². The number of amides is 1. The molecule has 40 heavy (non-hydrogen) atoms. The number of aliphatic carboxylic acids is 1. The highest BCUT2D eigenvalue weighted by Gasteiger charge is 2.38. The van der Waals surface area contributed by atoms with Gasteiger partial charge in [0.2, 0.25) is 5.91 Å². The highest BCUT2D eigenvalue weighted by Crippen LogP contribution is 2.14. The Morgan fingerprint density at radius 2 is 1.62 bits per heavy atom. The van der Waals surface area contributed by atoms with Gasteiger partial charge in [-0.3, -0.25) is 9.69 Å². The van der Waals surface area contributed by atoms with Crippen molar-refractivity contribution in [1.29, 1.82) is 0 Å². The van der Waals surface area contributed by atoms with Crippen LogP contribution in [-0.2, 0) is 16.1 Å². The lowest BCUT2D eigenvalue weighted by Gasteiger charge is -2.36. The van der Waals surface area contributed by atoms with E-state index in [1.807, 2.05) is 13.0 Å². The van der Waals surface area contributed by atoms with Gasteiger partial charge in [0.05, 0.1) is 18.7 Å². The van der Waals surface area contributed by atoms with Gasteiger partial charge in [-0.05, 0) is 37.1 Å². The number of guanidine groups is 1. The van der Waals surface area contributed by atoms with Crippen LogP contribution >= 0.6 is 0 Å². The summed E-state index contributed by atoms with van der Waals surface area (Å²) in [7, 11) is 0. The topological polar surface area (TPSA) is 135 Å². The second-order valence-electron chi connectivity index (χ2n) is 9.05. The third-order valence-electron chi connectivity index (χ3n) is 5.75. The Morgan fingerprint density at radius 1 is 1.00 bits per heavy atom. The predicted molar refractivity (Wildman–Crippen MR) is 144 cm³/mol. The van der Waals surface area contributed by atoms with Crippen LogP contribution in [0.1, 0.15) is 34.8 Å². The standard InChI is InChI=1S/C25H33N5O3.C2HF3O2/c1-3-11-26-23(31)18-29-12-14-30(15-13-29)25(27-17-20-9-7-19(2)8-10-20)28-22-6-4-5-21(16-22)24(32)33;3-2(4,5)1(6)7/h4-10,16H,3,11-15,17-18H2,1-2H3,(H,26,31)(H,27,28)(H,32,33);(H,6,7). The molecule has 0 atom stereocenters. The molecule has 13 heteroatoms. The zero-order chi connectivity index (χ0) is 29.7. The zero-order valence-corrected chi connectivity index (χ0v) is 22.4. The van der Waals surface area contributed by atoms with Crippen LogP contribution in [0.25, 0.3) is 0 Å². The Kier molecular flexibility index (Phi) is 12.4. The number of hydrogen-bond donors (Lipinski definition) is 4. The fourth-order valence-corrected chi connectivity index (χ4v) is 3.58. The Balaban J connectivity index is 0.000000708. The van der Waals surface area contributed by atoms with E-state index in [9.17, 15) is 27.9 Å². The molecule has 1 heterocycles. The molecule has 1 saturated heterocycles. The van der Waals surface area contributed by atoms with E-state index in [1.165, 1.54) is 5.56 Å². The van der Waals surface area contributed by atoms with Crippen molar-refractivity contribution in [2.75, 3.05) is 44.6 Å². The van der Waals surface area contributed by atoms with E-state index in [1.54, 1.807) is 18.2 Å². The number of carboxylic acids is 2. The number of aliphatic imine (C=N–C) groups is 1. The van der Waals surface area contributed by atoms with Crippen LogP contribution in [0.15, 0.2) is 53.5 Å². The molecule has 10 nitrogen and oxygen atoms in total. The molecular formula is C27H34F3N5O5. The van der Waals surface area contributed by atoms with Crippen molar-refractivity contribution in [3.05, 3.63) is 65.2 Å². The Hall–Kier alpha value is -4.13. The molecule has 1 amide bonds. The minimum atomic E-state index is -5.08. The molecule has 0 spiro atoms. The zero-order valence-electron chi connectivity index (χ0n) is 22.4. The number of rotatable bonds is 8. The summed E-state index contributed by atoms with van der Waals surface area (Å²) in [5.74, 6) is -2.96. The maximum absolute atomic E-state index is 12.0. The fraction of sp³-hybridized carbons (Fsp3) is 0.407. The number of carboxylic acid groups (broad SMARTS) is 2. The van der Waals surface area contributed by atoms with E-state index in [-0.39, 0.29) is 11.5 Å². The van der Waals surface area contributed by atoms with Gasteiger partial charge in [-0.2, -0.15) is 13.2 Å². The molecule has 0 unspecified atom stereocenters. The third-order valence-corrected chi connectivity index (χ3v) is 5.75.